The summed E-state index contributed by atoms with van der Waals surface area (Å²) in [6.07, 6.45) is 0. The molecule has 100 valence electrons. The van der Waals surface area contributed by atoms with Crippen LogP contribution in [-0.2, 0) is 5.41 Å². The van der Waals surface area contributed by atoms with Crippen LogP contribution in [-0.4, -0.2) is 4.98 Å². The zero-order valence-electron chi connectivity index (χ0n) is 11.0. The van der Waals surface area contributed by atoms with Crippen LogP contribution in [0.3, 0.4) is 0 Å². The third-order valence-electron chi connectivity index (χ3n) is 3.05. The molecule has 3 nitrogen and oxygen atoms in total. The van der Waals surface area contributed by atoms with Gasteiger partial charge in [0.05, 0.1) is 6.07 Å². The lowest BCUT2D eigenvalue weighted by Gasteiger charge is -2.09. The molecule has 3 rings (SSSR count). The topological polar surface area (TPSA) is 49.8 Å². The molecule has 0 spiro atoms. The number of hydrogen-bond acceptors (Lipinski definition) is 4. The summed E-state index contributed by atoms with van der Waals surface area (Å²) in [6, 6.07) is 10.1. The molecule has 0 fully saturated rings. The van der Waals surface area contributed by atoms with Gasteiger partial charge in [-0.15, -0.1) is 11.3 Å². The highest BCUT2D eigenvalue weighted by atomic mass is 79.9. The van der Waals surface area contributed by atoms with Crippen LogP contribution in [0.15, 0.2) is 38.5 Å². The Labute approximate surface area is 129 Å². The van der Waals surface area contributed by atoms with Crippen LogP contribution < -0.4 is 0 Å². The molecule has 0 unspecified atom stereocenters. The highest BCUT2D eigenvalue weighted by molar-refractivity contribution is 9.10. The van der Waals surface area contributed by atoms with Gasteiger partial charge in [0.15, 0.2) is 5.76 Å². The number of nitriles is 1. The van der Waals surface area contributed by atoms with Crippen molar-refractivity contribution in [2.45, 2.75) is 19.3 Å². The van der Waals surface area contributed by atoms with Crippen LogP contribution in [0.2, 0.25) is 0 Å². The van der Waals surface area contributed by atoms with Crippen molar-refractivity contribution in [2.24, 2.45) is 0 Å². The van der Waals surface area contributed by atoms with Crippen molar-refractivity contribution in [3.05, 3.63) is 39.1 Å². The molecule has 0 aliphatic rings. The van der Waals surface area contributed by atoms with E-state index in [9.17, 15) is 0 Å². The van der Waals surface area contributed by atoms with Gasteiger partial charge in [-0.2, -0.15) is 5.26 Å². The highest BCUT2D eigenvalue weighted by Gasteiger charge is 2.24. The number of rotatable bonds is 2. The van der Waals surface area contributed by atoms with E-state index < -0.39 is 5.41 Å². The van der Waals surface area contributed by atoms with Crippen LogP contribution in [0.25, 0.3) is 22.4 Å². The van der Waals surface area contributed by atoms with Gasteiger partial charge in [-0.25, -0.2) is 4.98 Å². The molecular weight excluding hydrogens is 336 g/mol. The van der Waals surface area contributed by atoms with E-state index in [0.29, 0.717) is 0 Å². The molecule has 0 aliphatic carbocycles. The molecule has 20 heavy (non-hydrogen) atoms. The second-order valence-corrected chi connectivity index (χ2v) is 6.84. The normalized spacial score (nSPS) is 11.7. The van der Waals surface area contributed by atoms with Gasteiger partial charge >= 0.3 is 0 Å². The maximum Gasteiger partial charge on any atom is 0.154 e. The van der Waals surface area contributed by atoms with E-state index in [-0.39, 0.29) is 0 Å². The minimum Gasteiger partial charge on any atom is -0.454 e. The van der Waals surface area contributed by atoms with Crippen molar-refractivity contribution >= 4 is 38.2 Å². The van der Waals surface area contributed by atoms with E-state index >= 15 is 0 Å². The van der Waals surface area contributed by atoms with Crippen LogP contribution in [0.4, 0.5) is 0 Å². The van der Waals surface area contributed by atoms with Gasteiger partial charge in [-0.05, 0) is 38.1 Å². The summed E-state index contributed by atoms with van der Waals surface area (Å²) in [5.74, 6) is 0.731. The number of aromatic nitrogens is 1. The molecule has 0 bridgehead atoms. The Morgan fingerprint density at radius 3 is 2.90 bits per heavy atom. The fraction of sp³-hybridized carbons (Fsp3) is 0.200. The number of nitrogens with zero attached hydrogens (tertiary/aromatic N) is 2. The predicted molar refractivity (Wildman–Crippen MR) is 83.7 cm³/mol. The summed E-state index contributed by atoms with van der Waals surface area (Å²) in [6.45, 7) is 3.73. The van der Waals surface area contributed by atoms with Gasteiger partial charge in [0.1, 0.15) is 21.7 Å². The molecule has 0 atom stereocenters. The highest BCUT2D eigenvalue weighted by Crippen LogP contribution is 2.33. The molecule has 0 amide bonds. The van der Waals surface area contributed by atoms with E-state index in [4.69, 9.17) is 9.68 Å². The Hall–Kier alpha value is -1.64. The number of benzene rings is 1. The summed E-state index contributed by atoms with van der Waals surface area (Å²) in [7, 11) is 0. The number of halogens is 1. The fourth-order valence-corrected chi connectivity index (χ4v) is 3.12. The number of thiazole rings is 1. The Balaban J connectivity index is 2.06. The summed E-state index contributed by atoms with van der Waals surface area (Å²) >= 11 is 4.93. The van der Waals surface area contributed by atoms with Crippen LogP contribution in [0.1, 0.15) is 18.9 Å². The van der Waals surface area contributed by atoms with E-state index in [2.05, 4.69) is 27.0 Å². The summed E-state index contributed by atoms with van der Waals surface area (Å²) in [4.78, 5) is 4.53. The van der Waals surface area contributed by atoms with Gasteiger partial charge < -0.3 is 4.42 Å². The smallest absolute Gasteiger partial charge is 0.154 e. The van der Waals surface area contributed by atoms with E-state index in [1.54, 1.807) is 0 Å². The zero-order valence-corrected chi connectivity index (χ0v) is 13.4. The van der Waals surface area contributed by atoms with Gasteiger partial charge in [0.25, 0.3) is 0 Å². The number of furan rings is 1. The Bertz CT molecular complexity index is 826. The molecule has 1 aromatic carbocycles. The maximum atomic E-state index is 9.16. The molecule has 2 heterocycles. The van der Waals surface area contributed by atoms with Crippen LogP contribution in [0, 0.1) is 11.3 Å². The van der Waals surface area contributed by atoms with Crippen molar-refractivity contribution in [1.82, 2.24) is 4.98 Å². The lowest BCUT2D eigenvalue weighted by molar-refractivity contribution is 0.626. The summed E-state index contributed by atoms with van der Waals surface area (Å²) in [5.41, 5.74) is 1.04. The third-order valence-corrected chi connectivity index (χ3v) is 4.71. The first kappa shape index (κ1) is 13.3. The van der Waals surface area contributed by atoms with Crippen LogP contribution in [0.5, 0.6) is 0 Å². The largest absolute Gasteiger partial charge is 0.454 e. The molecule has 2 aromatic heterocycles. The lowest BCUT2D eigenvalue weighted by Crippen LogP contribution is -2.13. The zero-order chi connectivity index (χ0) is 14.3. The van der Waals surface area contributed by atoms with Crippen molar-refractivity contribution in [3.63, 3.8) is 0 Å². The predicted octanol–water partition coefficient (Wildman–Crippen LogP) is 5.12. The van der Waals surface area contributed by atoms with Crippen molar-refractivity contribution in [1.29, 1.82) is 5.26 Å². The third kappa shape index (κ3) is 2.26. The molecule has 0 radical (unpaired) electrons. The molecule has 0 saturated heterocycles. The molecule has 0 aliphatic heterocycles. The van der Waals surface area contributed by atoms with E-state index in [1.807, 2.05) is 43.5 Å². The maximum absolute atomic E-state index is 9.16. The first-order valence-electron chi connectivity index (χ1n) is 6.06. The average Bonchev–Trinajstić information content (AvgIpc) is 3.04. The monoisotopic (exact) mass is 346 g/mol. The number of fused-ring (bicyclic) bond motifs is 1. The summed E-state index contributed by atoms with van der Waals surface area (Å²) in [5, 5.41) is 12.9. The van der Waals surface area contributed by atoms with Gasteiger partial charge in [0, 0.05) is 15.2 Å². The van der Waals surface area contributed by atoms with E-state index in [1.165, 1.54) is 11.3 Å². The SMILES string of the molecule is CC(C)(C#N)c1nc(-c2cc3cc(Br)ccc3o2)cs1. The Morgan fingerprint density at radius 1 is 1.35 bits per heavy atom. The quantitative estimate of drug-likeness (QED) is 0.646. The first-order valence-corrected chi connectivity index (χ1v) is 7.73. The average molecular weight is 347 g/mol. The number of hydrogen-bond donors (Lipinski definition) is 0. The molecule has 0 saturated carbocycles. The second-order valence-electron chi connectivity index (χ2n) is 5.07. The Morgan fingerprint density at radius 2 is 2.15 bits per heavy atom. The Kier molecular flexibility index (Phi) is 3.15. The molecule has 5 heteroatoms. The van der Waals surface area contributed by atoms with Crippen molar-refractivity contribution < 1.29 is 4.42 Å². The summed E-state index contributed by atoms with van der Waals surface area (Å²) < 4.78 is 6.82. The van der Waals surface area contributed by atoms with Crippen molar-refractivity contribution in [2.75, 3.05) is 0 Å². The first-order chi connectivity index (χ1) is 9.49. The van der Waals surface area contributed by atoms with Crippen molar-refractivity contribution in [3.8, 4) is 17.5 Å². The standard InChI is InChI=1S/C15H11BrN2OS/c1-15(2,8-17)14-18-11(7-20-14)13-6-9-5-10(16)3-4-12(9)19-13/h3-7H,1-2H3. The minimum atomic E-state index is -0.571. The van der Waals surface area contributed by atoms with Gasteiger partial charge in [-0.3, -0.25) is 0 Å². The second kappa shape index (κ2) is 4.72. The minimum absolute atomic E-state index is 0.571. The fourth-order valence-electron chi connectivity index (χ4n) is 1.86. The van der Waals surface area contributed by atoms with E-state index in [0.717, 1.165) is 31.9 Å². The lowest BCUT2D eigenvalue weighted by atomic mass is 9.97. The van der Waals surface area contributed by atoms with Crippen LogP contribution >= 0.6 is 27.3 Å². The molecule has 3 aromatic rings. The molecule has 0 N–H and O–H groups in total. The molecular formula is C15H11BrN2OS. The van der Waals surface area contributed by atoms with Gasteiger partial charge in [-0.1, -0.05) is 15.9 Å². The van der Waals surface area contributed by atoms with Gasteiger partial charge in [0.2, 0.25) is 0 Å².